The summed E-state index contributed by atoms with van der Waals surface area (Å²) in [6.45, 7) is 11.2. The van der Waals surface area contributed by atoms with E-state index in [1.54, 1.807) is 0 Å². The SMILES string of the molecule is CCN(CC)Cc1ccccc1NC(=O)[C@@H](N)CC(C)C. The Labute approximate surface area is 128 Å². The van der Waals surface area contributed by atoms with Crippen molar-refractivity contribution in [2.75, 3.05) is 18.4 Å². The van der Waals surface area contributed by atoms with E-state index >= 15 is 0 Å². The number of anilines is 1. The predicted molar refractivity (Wildman–Crippen MR) is 89.1 cm³/mol. The Morgan fingerprint density at radius 1 is 1.24 bits per heavy atom. The highest BCUT2D eigenvalue weighted by Crippen LogP contribution is 2.18. The smallest absolute Gasteiger partial charge is 0.241 e. The van der Waals surface area contributed by atoms with Crippen LogP contribution in [0.3, 0.4) is 0 Å². The van der Waals surface area contributed by atoms with Crippen LogP contribution in [0.25, 0.3) is 0 Å². The van der Waals surface area contributed by atoms with Crippen LogP contribution < -0.4 is 11.1 Å². The number of para-hydroxylation sites is 1. The summed E-state index contributed by atoms with van der Waals surface area (Å²) in [6, 6.07) is 7.49. The van der Waals surface area contributed by atoms with Crippen LogP contribution >= 0.6 is 0 Å². The molecule has 4 heteroatoms. The lowest BCUT2D eigenvalue weighted by atomic mass is 10.0. The number of nitrogens with two attached hydrogens (primary N) is 1. The minimum Gasteiger partial charge on any atom is -0.324 e. The molecule has 0 unspecified atom stereocenters. The van der Waals surface area contributed by atoms with E-state index in [4.69, 9.17) is 5.73 Å². The Kier molecular flexibility index (Phi) is 7.40. The first-order valence-electron chi connectivity index (χ1n) is 7.84. The van der Waals surface area contributed by atoms with Crippen molar-refractivity contribution in [3.05, 3.63) is 29.8 Å². The molecule has 0 radical (unpaired) electrons. The molecule has 1 aromatic rings. The van der Waals surface area contributed by atoms with Crippen LogP contribution in [-0.4, -0.2) is 29.9 Å². The third-order valence-electron chi connectivity index (χ3n) is 3.63. The largest absolute Gasteiger partial charge is 0.324 e. The number of carbonyl (C=O) groups is 1. The Morgan fingerprint density at radius 2 is 1.86 bits per heavy atom. The summed E-state index contributed by atoms with van der Waals surface area (Å²) in [6.07, 6.45) is 0.698. The Balaban J connectivity index is 2.76. The fourth-order valence-corrected chi connectivity index (χ4v) is 2.31. The zero-order chi connectivity index (χ0) is 15.8. The van der Waals surface area contributed by atoms with E-state index in [2.05, 4.69) is 44.0 Å². The first-order valence-corrected chi connectivity index (χ1v) is 7.84. The number of amides is 1. The summed E-state index contributed by atoms with van der Waals surface area (Å²) in [5.41, 5.74) is 7.95. The van der Waals surface area contributed by atoms with Crippen LogP contribution in [-0.2, 0) is 11.3 Å². The van der Waals surface area contributed by atoms with Gasteiger partial charge in [0.25, 0.3) is 0 Å². The third kappa shape index (κ3) is 5.86. The van der Waals surface area contributed by atoms with Gasteiger partial charge >= 0.3 is 0 Å². The first kappa shape index (κ1) is 17.7. The monoisotopic (exact) mass is 291 g/mol. The van der Waals surface area contributed by atoms with Crippen molar-refractivity contribution in [2.45, 2.75) is 46.7 Å². The second kappa shape index (κ2) is 8.80. The van der Waals surface area contributed by atoms with Crippen molar-refractivity contribution in [3.63, 3.8) is 0 Å². The average molecular weight is 291 g/mol. The summed E-state index contributed by atoms with van der Waals surface area (Å²) in [4.78, 5) is 14.5. The lowest BCUT2D eigenvalue weighted by Crippen LogP contribution is -2.37. The van der Waals surface area contributed by atoms with Gasteiger partial charge in [0.1, 0.15) is 0 Å². The molecule has 0 heterocycles. The number of carbonyl (C=O) groups excluding carboxylic acids is 1. The quantitative estimate of drug-likeness (QED) is 0.774. The van der Waals surface area contributed by atoms with Gasteiger partial charge in [0.05, 0.1) is 6.04 Å². The highest BCUT2D eigenvalue weighted by molar-refractivity contribution is 5.95. The standard InChI is InChI=1S/C17H29N3O/c1-5-20(6-2)12-14-9-7-8-10-16(14)19-17(21)15(18)11-13(3)4/h7-10,13,15H,5-6,11-12,18H2,1-4H3,(H,19,21)/t15-/m0/s1. The van der Waals surface area contributed by atoms with Gasteiger partial charge in [-0.25, -0.2) is 0 Å². The number of benzene rings is 1. The minimum atomic E-state index is -0.452. The molecule has 0 saturated carbocycles. The van der Waals surface area contributed by atoms with Gasteiger partial charge < -0.3 is 11.1 Å². The molecule has 0 saturated heterocycles. The lowest BCUT2D eigenvalue weighted by molar-refractivity contribution is -0.117. The topological polar surface area (TPSA) is 58.4 Å². The van der Waals surface area contributed by atoms with E-state index in [9.17, 15) is 4.79 Å². The summed E-state index contributed by atoms with van der Waals surface area (Å²) in [5, 5.41) is 2.98. The molecule has 3 N–H and O–H groups in total. The molecular weight excluding hydrogens is 262 g/mol. The molecule has 1 rings (SSSR count). The van der Waals surface area contributed by atoms with Gasteiger partial charge in [-0.3, -0.25) is 9.69 Å². The fraction of sp³-hybridized carbons (Fsp3) is 0.588. The number of hydrogen-bond acceptors (Lipinski definition) is 3. The van der Waals surface area contributed by atoms with Crippen LogP contribution in [0.5, 0.6) is 0 Å². The third-order valence-corrected chi connectivity index (χ3v) is 3.63. The number of rotatable bonds is 8. The van der Waals surface area contributed by atoms with E-state index in [-0.39, 0.29) is 5.91 Å². The normalized spacial score (nSPS) is 12.7. The molecule has 0 aliphatic carbocycles. The molecular formula is C17H29N3O. The molecule has 0 fully saturated rings. The number of nitrogens with one attached hydrogen (secondary N) is 1. The van der Waals surface area contributed by atoms with Gasteiger partial charge in [0.15, 0.2) is 0 Å². The Bertz CT molecular complexity index is 441. The summed E-state index contributed by atoms with van der Waals surface area (Å²) >= 11 is 0. The van der Waals surface area contributed by atoms with E-state index in [0.717, 1.165) is 30.9 Å². The maximum atomic E-state index is 12.2. The van der Waals surface area contributed by atoms with Gasteiger partial charge in [-0.15, -0.1) is 0 Å². The van der Waals surface area contributed by atoms with Crippen molar-refractivity contribution in [1.29, 1.82) is 0 Å². The van der Waals surface area contributed by atoms with Gasteiger partial charge in [-0.1, -0.05) is 45.9 Å². The van der Waals surface area contributed by atoms with Crippen LogP contribution in [0, 0.1) is 5.92 Å². The van der Waals surface area contributed by atoms with Gasteiger partial charge in [0.2, 0.25) is 5.91 Å². The van der Waals surface area contributed by atoms with E-state index in [0.29, 0.717) is 12.3 Å². The fourth-order valence-electron chi connectivity index (χ4n) is 2.31. The highest BCUT2D eigenvalue weighted by atomic mass is 16.2. The first-order chi connectivity index (χ1) is 9.97. The molecule has 1 amide bonds. The molecule has 21 heavy (non-hydrogen) atoms. The van der Waals surface area contributed by atoms with Gasteiger partial charge in [-0.2, -0.15) is 0 Å². The Hall–Kier alpha value is -1.39. The molecule has 0 aliphatic rings. The molecule has 0 spiro atoms. The predicted octanol–water partition coefficient (Wildman–Crippen LogP) is 2.84. The van der Waals surface area contributed by atoms with Crippen molar-refractivity contribution in [3.8, 4) is 0 Å². The maximum Gasteiger partial charge on any atom is 0.241 e. The number of nitrogens with zero attached hydrogens (tertiary/aromatic N) is 1. The molecule has 4 nitrogen and oxygen atoms in total. The second-order valence-electron chi connectivity index (χ2n) is 5.84. The Morgan fingerprint density at radius 3 is 2.43 bits per heavy atom. The van der Waals surface area contributed by atoms with Crippen molar-refractivity contribution in [2.24, 2.45) is 11.7 Å². The van der Waals surface area contributed by atoms with E-state index in [1.807, 2.05) is 18.2 Å². The van der Waals surface area contributed by atoms with Crippen LogP contribution in [0.1, 0.15) is 39.7 Å². The molecule has 0 aliphatic heterocycles. The molecule has 118 valence electrons. The summed E-state index contributed by atoms with van der Waals surface area (Å²) in [7, 11) is 0. The van der Waals surface area contributed by atoms with Crippen LogP contribution in [0.4, 0.5) is 5.69 Å². The van der Waals surface area contributed by atoms with Crippen LogP contribution in [0.2, 0.25) is 0 Å². The zero-order valence-corrected chi connectivity index (χ0v) is 13.7. The highest BCUT2D eigenvalue weighted by Gasteiger charge is 2.16. The van der Waals surface area contributed by atoms with E-state index < -0.39 is 6.04 Å². The zero-order valence-electron chi connectivity index (χ0n) is 13.7. The molecule has 0 bridgehead atoms. The summed E-state index contributed by atoms with van der Waals surface area (Å²) in [5.74, 6) is 0.312. The van der Waals surface area contributed by atoms with Crippen molar-refractivity contribution < 1.29 is 4.79 Å². The number of hydrogen-bond donors (Lipinski definition) is 2. The molecule has 0 aromatic heterocycles. The molecule has 1 atom stereocenters. The van der Waals surface area contributed by atoms with Crippen molar-refractivity contribution >= 4 is 11.6 Å². The van der Waals surface area contributed by atoms with Crippen LogP contribution in [0.15, 0.2) is 24.3 Å². The second-order valence-corrected chi connectivity index (χ2v) is 5.84. The average Bonchev–Trinajstić information content (AvgIpc) is 2.45. The molecule has 1 aromatic carbocycles. The lowest BCUT2D eigenvalue weighted by Gasteiger charge is -2.21. The summed E-state index contributed by atoms with van der Waals surface area (Å²) < 4.78 is 0. The van der Waals surface area contributed by atoms with E-state index in [1.165, 1.54) is 0 Å². The van der Waals surface area contributed by atoms with Crippen molar-refractivity contribution in [1.82, 2.24) is 4.90 Å². The van der Waals surface area contributed by atoms with Gasteiger partial charge in [0, 0.05) is 12.2 Å². The minimum absolute atomic E-state index is 0.101. The van der Waals surface area contributed by atoms with Gasteiger partial charge in [-0.05, 0) is 37.1 Å². The maximum absolute atomic E-state index is 12.2.